The van der Waals surface area contributed by atoms with Crippen LogP contribution in [-0.2, 0) is 4.79 Å². The van der Waals surface area contributed by atoms with Gasteiger partial charge in [0.2, 0.25) is 5.91 Å². The van der Waals surface area contributed by atoms with Crippen molar-refractivity contribution in [2.75, 3.05) is 32.7 Å². The van der Waals surface area contributed by atoms with E-state index in [2.05, 4.69) is 5.32 Å². The van der Waals surface area contributed by atoms with Crippen LogP contribution in [0.5, 0.6) is 0 Å². The van der Waals surface area contributed by atoms with Crippen LogP contribution in [0, 0.1) is 5.82 Å². The summed E-state index contributed by atoms with van der Waals surface area (Å²) in [4.78, 5) is 28.3. The van der Waals surface area contributed by atoms with Crippen molar-refractivity contribution in [2.24, 2.45) is 0 Å². The van der Waals surface area contributed by atoms with Gasteiger partial charge in [0.05, 0.1) is 16.6 Å². The molecule has 1 N–H and O–H groups in total. The molecular formula is C16H20Cl2FN3O2. The lowest BCUT2D eigenvalue weighted by atomic mass is 10.1. The lowest BCUT2D eigenvalue weighted by molar-refractivity contribution is -0.134. The van der Waals surface area contributed by atoms with Gasteiger partial charge in [-0.15, -0.1) is 12.4 Å². The minimum Gasteiger partial charge on any atom is -0.338 e. The molecule has 1 atom stereocenters. The van der Waals surface area contributed by atoms with Gasteiger partial charge in [0, 0.05) is 26.2 Å². The van der Waals surface area contributed by atoms with Crippen molar-refractivity contribution < 1.29 is 14.0 Å². The highest BCUT2D eigenvalue weighted by Crippen LogP contribution is 2.20. The van der Waals surface area contributed by atoms with Gasteiger partial charge in [-0.2, -0.15) is 0 Å². The molecule has 1 unspecified atom stereocenters. The quantitative estimate of drug-likeness (QED) is 0.859. The highest BCUT2D eigenvalue weighted by Gasteiger charge is 2.30. The van der Waals surface area contributed by atoms with Crippen LogP contribution in [0.15, 0.2) is 18.2 Å². The molecule has 1 aromatic carbocycles. The topological polar surface area (TPSA) is 52.7 Å². The number of benzene rings is 1. The van der Waals surface area contributed by atoms with E-state index in [1.165, 1.54) is 12.1 Å². The zero-order valence-corrected chi connectivity index (χ0v) is 14.7. The van der Waals surface area contributed by atoms with E-state index in [4.69, 9.17) is 11.6 Å². The number of amides is 2. The van der Waals surface area contributed by atoms with Crippen LogP contribution in [-0.4, -0.2) is 60.4 Å². The summed E-state index contributed by atoms with van der Waals surface area (Å²) in [5.74, 6) is -0.568. The molecule has 0 saturated carbocycles. The standard InChI is InChI=1S/C16H19ClFN3O2.ClH/c17-13-10-11(18)3-4-12(13)15(22)20-6-8-21(9-7-20)16(23)14-2-1-5-19-14;/h3-4,10,14,19H,1-2,5-9H2;1H. The SMILES string of the molecule is Cl.O=C(c1ccc(F)cc1Cl)N1CCN(C(=O)C2CCCN2)CC1. The summed E-state index contributed by atoms with van der Waals surface area (Å²) >= 11 is 5.95. The van der Waals surface area contributed by atoms with E-state index < -0.39 is 5.82 Å². The molecule has 3 rings (SSSR count). The second-order valence-corrected chi connectivity index (χ2v) is 6.30. The predicted octanol–water partition coefficient (Wildman–Crippen LogP) is 1.94. The third-order valence-corrected chi connectivity index (χ3v) is 4.71. The molecule has 132 valence electrons. The van der Waals surface area contributed by atoms with E-state index in [-0.39, 0.29) is 35.3 Å². The smallest absolute Gasteiger partial charge is 0.255 e. The number of rotatable bonds is 2. The number of nitrogens with zero attached hydrogens (tertiary/aromatic N) is 2. The summed E-state index contributed by atoms with van der Waals surface area (Å²) in [5, 5.41) is 3.32. The molecule has 0 bridgehead atoms. The van der Waals surface area contributed by atoms with Gasteiger partial charge in [-0.1, -0.05) is 11.6 Å². The maximum absolute atomic E-state index is 13.1. The minimum atomic E-state index is -0.467. The van der Waals surface area contributed by atoms with Gasteiger partial charge in [-0.25, -0.2) is 4.39 Å². The normalized spacial score (nSPS) is 20.7. The molecular weight excluding hydrogens is 356 g/mol. The van der Waals surface area contributed by atoms with E-state index in [1.807, 2.05) is 0 Å². The molecule has 0 spiro atoms. The molecule has 2 saturated heterocycles. The number of carbonyl (C=O) groups is 2. The maximum atomic E-state index is 13.1. The van der Waals surface area contributed by atoms with E-state index in [0.29, 0.717) is 31.7 Å². The average Bonchev–Trinajstić information content (AvgIpc) is 3.08. The summed E-state index contributed by atoms with van der Waals surface area (Å²) in [6.45, 7) is 2.84. The van der Waals surface area contributed by atoms with Gasteiger partial charge in [-0.05, 0) is 37.6 Å². The van der Waals surface area contributed by atoms with Crippen LogP contribution < -0.4 is 5.32 Å². The lowest BCUT2D eigenvalue weighted by Crippen LogP contribution is -2.54. The van der Waals surface area contributed by atoms with Gasteiger partial charge in [0.1, 0.15) is 5.82 Å². The molecule has 2 heterocycles. The number of halogens is 3. The summed E-state index contributed by atoms with van der Waals surface area (Å²) < 4.78 is 13.1. The Morgan fingerprint density at radius 1 is 1.17 bits per heavy atom. The molecule has 24 heavy (non-hydrogen) atoms. The largest absolute Gasteiger partial charge is 0.338 e. The molecule has 2 aliphatic heterocycles. The van der Waals surface area contributed by atoms with Gasteiger partial charge >= 0.3 is 0 Å². The molecule has 0 aliphatic carbocycles. The fourth-order valence-corrected chi connectivity index (χ4v) is 3.33. The van der Waals surface area contributed by atoms with Crippen molar-refractivity contribution in [3.63, 3.8) is 0 Å². The molecule has 1 aromatic rings. The Kier molecular flexibility index (Phi) is 6.43. The summed E-state index contributed by atoms with van der Waals surface area (Å²) in [7, 11) is 0. The minimum absolute atomic E-state index is 0. The zero-order valence-electron chi connectivity index (χ0n) is 13.1. The Balaban J connectivity index is 0.00000208. The number of hydrogen-bond donors (Lipinski definition) is 1. The van der Waals surface area contributed by atoms with Crippen molar-refractivity contribution in [2.45, 2.75) is 18.9 Å². The van der Waals surface area contributed by atoms with Crippen LogP contribution in [0.4, 0.5) is 4.39 Å². The van der Waals surface area contributed by atoms with Gasteiger partial charge in [0.15, 0.2) is 0 Å². The van der Waals surface area contributed by atoms with Crippen LogP contribution in [0.25, 0.3) is 0 Å². The third kappa shape index (κ3) is 3.99. The lowest BCUT2D eigenvalue weighted by Gasteiger charge is -2.36. The number of piperazine rings is 1. The Labute approximate surface area is 151 Å². The van der Waals surface area contributed by atoms with Crippen molar-refractivity contribution in [1.29, 1.82) is 0 Å². The van der Waals surface area contributed by atoms with Gasteiger partial charge in [0.25, 0.3) is 5.91 Å². The maximum Gasteiger partial charge on any atom is 0.255 e. The first-order valence-electron chi connectivity index (χ1n) is 7.83. The van der Waals surface area contributed by atoms with E-state index in [9.17, 15) is 14.0 Å². The first kappa shape index (κ1) is 19.0. The first-order chi connectivity index (χ1) is 11.1. The third-order valence-electron chi connectivity index (χ3n) is 4.40. The van der Waals surface area contributed by atoms with Crippen molar-refractivity contribution in [3.8, 4) is 0 Å². The molecule has 0 aromatic heterocycles. The average molecular weight is 376 g/mol. The van der Waals surface area contributed by atoms with E-state index in [1.54, 1.807) is 9.80 Å². The van der Waals surface area contributed by atoms with Gasteiger partial charge < -0.3 is 15.1 Å². The first-order valence-corrected chi connectivity index (χ1v) is 8.20. The van der Waals surface area contributed by atoms with Crippen molar-refractivity contribution >= 4 is 35.8 Å². The van der Waals surface area contributed by atoms with Crippen molar-refractivity contribution in [3.05, 3.63) is 34.6 Å². The monoisotopic (exact) mass is 375 g/mol. The van der Waals surface area contributed by atoms with Crippen LogP contribution in [0.3, 0.4) is 0 Å². The van der Waals surface area contributed by atoms with E-state index in [0.717, 1.165) is 25.5 Å². The molecule has 5 nitrogen and oxygen atoms in total. The highest BCUT2D eigenvalue weighted by molar-refractivity contribution is 6.33. The number of nitrogens with one attached hydrogen (secondary N) is 1. The molecule has 2 fully saturated rings. The number of carbonyl (C=O) groups excluding carboxylic acids is 2. The van der Waals surface area contributed by atoms with Crippen LogP contribution >= 0.6 is 24.0 Å². The number of hydrogen-bond acceptors (Lipinski definition) is 3. The Morgan fingerprint density at radius 2 is 1.83 bits per heavy atom. The van der Waals surface area contributed by atoms with E-state index >= 15 is 0 Å². The molecule has 0 radical (unpaired) electrons. The molecule has 8 heteroatoms. The highest BCUT2D eigenvalue weighted by atomic mass is 35.5. The van der Waals surface area contributed by atoms with Crippen LogP contribution in [0.1, 0.15) is 23.2 Å². The van der Waals surface area contributed by atoms with Crippen LogP contribution in [0.2, 0.25) is 5.02 Å². The fraction of sp³-hybridized carbons (Fsp3) is 0.500. The van der Waals surface area contributed by atoms with Gasteiger partial charge in [-0.3, -0.25) is 9.59 Å². The van der Waals surface area contributed by atoms with Crippen molar-refractivity contribution in [1.82, 2.24) is 15.1 Å². The predicted molar refractivity (Wildman–Crippen MR) is 92.2 cm³/mol. The molecule has 2 aliphatic rings. The fourth-order valence-electron chi connectivity index (χ4n) is 3.08. The Morgan fingerprint density at radius 3 is 2.42 bits per heavy atom. The second-order valence-electron chi connectivity index (χ2n) is 5.89. The summed E-state index contributed by atoms with van der Waals surface area (Å²) in [6.07, 6.45) is 1.90. The Hall–Kier alpha value is -1.37. The Bertz CT molecular complexity index is 615. The molecule has 2 amide bonds. The summed E-state index contributed by atoms with van der Waals surface area (Å²) in [5.41, 5.74) is 0.297. The zero-order chi connectivity index (χ0) is 16.4. The second kappa shape index (κ2) is 8.14. The summed E-state index contributed by atoms with van der Waals surface area (Å²) in [6, 6.07) is 3.69.